The van der Waals surface area contributed by atoms with Crippen molar-refractivity contribution in [1.29, 1.82) is 0 Å². The van der Waals surface area contributed by atoms with E-state index in [0.29, 0.717) is 5.76 Å². The molecule has 7 nitrogen and oxygen atoms in total. The van der Waals surface area contributed by atoms with Crippen LogP contribution in [0.4, 0.5) is 10.3 Å². The normalized spacial score (nSPS) is 11.5. The highest BCUT2D eigenvalue weighted by atomic mass is 32.2. The Hall–Kier alpha value is -3.46. The van der Waals surface area contributed by atoms with Gasteiger partial charge in [0.25, 0.3) is 10.0 Å². The molecule has 4 aromatic rings. The Morgan fingerprint density at radius 1 is 1.00 bits per heavy atom. The van der Waals surface area contributed by atoms with Crippen LogP contribution in [-0.2, 0) is 16.6 Å². The van der Waals surface area contributed by atoms with Crippen molar-refractivity contribution in [2.75, 3.05) is 5.32 Å². The van der Waals surface area contributed by atoms with Crippen LogP contribution in [0.15, 0.2) is 82.3 Å². The number of anilines is 1. The summed E-state index contributed by atoms with van der Waals surface area (Å²) in [6, 6.07) is 17.1. The predicted molar refractivity (Wildman–Crippen MR) is 100 cm³/mol. The Bertz CT molecular complexity index is 1170. The summed E-state index contributed by atoms with van der Waals surface area (Å²) in [6.07, 6.45) is 1.45. The molecule has 142 valence electrons. The zero-order valence-corrected chi connectivity index (χ0v) is 15.3. The maximum Gasteiger partial charge on any atom is 0.286 e. The topological polar surface area (TPSA) is 90.0 Å². The average Bonchev–Trinajstić information content (AvgIpc) is 3.38. The highest BCUT2D eigenvalue weighted by molar-refractivity contribution is 7.90. The van der Waals surface area contributed by atoms with E-state index in [-0.39, 0.29) is 29.0 Å². The largest absolute Gasteiger partial charge is 0.461 e. The van der Waals surface area contributed by atoms with Crippen molar-refractivity contribution >= 4 is 16.0 Å². The van der Waals surface area contributed by atoms with Crippen molar-refractivity contribution in [2.45, 2.75) is 11.4 Å². The van der Waals surface area contributed by atoms with Gasteiger partial charge in [-0.3, -0.25) is 0 Å². The molecule has 4 rings (SSSR count). The zero-order valence-electron chi connectivity index (χ0n) is 14.5. The predicted octanol–water partition coefficient (Wildman–Crippen LogP) is 3.53. The number of hydrogen-bond donors (Lipinski definition) is 1. The van der Waals surface area contributed by atoms with E-state index >= 15 is 0 Å². The van der Waals surface area contributed by atoms with Crippen LogP contribution in [0, 0.1) is 5.82 Å². The van der Waals surface area contributed by atoms with Crippen LogP contribution < -0.4 is 5.32 Å². The number of furan rings is 1. The van der Waals surface area contributed by atoms with Gasteiger partial charge >= 0.3 is 0 Å². The van der Waals surface area contributed by atoms with Gasteiger partial charge in [0.1, 0.15) is 5.82 Å². The van der Waals surface area contributed by atoms with Gasteiger partial charge in [0.05, 0.1) is 11.2 Å². The molecule has 0 aliphatic rings. The molecule has 0 saturated carbocycles. The van der Waals surface area contributed by atoms with Crippen LogP contribution in [0.2, 0.25) is 0 Å². The lowest BCUT2D eigenvalue weighted by atomic mass is 10.2. The number of aromatic nitrogens is 3. The summed E-state index contributed by atoms with van der Waals surface area (Å²) < 4.78 is 45.3. The number of hydrogen-bond acceptors (Lipinski definition) is 6. The SMILES string of the molecule is O=S(=O)(c1ccccc1)n1nc(-c2ccco2)nc1NCc1ccc(F)cc1. The fourth-order valence-electron chi connectivity index (χ4n) is 2.56. The highest BCUT2D eigenvalue weighted by Gasteiger charge is 2.25. The third-order valence-electron chi connectivity index (χ3n) is 3.95. The molecule has 0 unspecified atom stereocenters. The quantitative estimate of drug-likeness (QED) is 0.534. The molecule has 0 bridgehead atoms. The minimum Gasteiger partial charge on any atom is -0.461 e. The monoisotopic (exact) mass is 398 g/mol. The van der Waals surface area contributed by atoms with Crippen molar-refractivity contribution in [3.05, 3.63) is 84.4 Å². The average molecular weight is 398 g/mol. The first-order valence-corrected chi connectivity index (χ1v) is 9.78. The van der Waals surface area contributed by atoms with Gasteiger partial charge in [-0.05, 0) is 42.0 Å². The Morgan fingerprint density at radius 2 is 1.75 bits per heavy atom. The van der Waals surface area contributed by atoms with E-state index in [0.717, 1.165) is 9.65 Å². The van der Waals surface area contributed by atoms with Gasteiger partial charge in [0, 0.05) is 6.54 Å². The van der Waals surface area contributed by atoms with Gasteiger partial charge in [0.15, 0.2) is 5.76 Å². The summed E-state index contributed by atoms with van der Waals surface area (Å²) in [5.74, 6) is 0.149. The Labute approximate surface area is 160 Å². The van der Waals surface area contributed by atoms with E-state index in [2.05, 4.69) is 15.4 Å². The molecule has 0 fully saturated rings. The van der Waals surface area contributed by atoms with Gasteiger partial charge in [-0.2, -0.15) is 13.4 Å². The maximum atomic E-state index is 13.1. The minimum atomic E-state index is -3.97. The second-order valence-corrected chi connectivity index (χ2v) is 7.64. The summed E-state index contributed by atoms with van der Waals surface area (Å²) in [5.41, 5.74) is 0.757. The first-order chi connectivity index (χ1) is 13.5. The smallest absolute Gasteiger partial charge is 0.286 e. The van der Waals surface area contributed by atoms with Gasteiger partial charge in [-0.15, -0.1) is 9.19 Å². The standard InChI is InChI=1S/C19H15FN4O3S/c20-15-10-8-14(9-11-15)13-21-19-22-18(17-7-4-12-27-17)23-24(19)28(25,26)16-5-2-1-3-6-16/h1-12H,13H2,(H,21,22,23). The van der Waals surface area contributed by atoms with Gasteiger partial charge in [-0.1, -0.05) is 30.3 Å². The van der Waals surface area contributed by atoms with Crippen molar-refractivity contribution < 1.29 is 17.2 Å². The molecule has 0 amide bonds. The van der Waals surface area contributed by atoms with Gasteiger partial charge < -0.3 is 9.73 Å². The van der Waals surface area contributed by atoms with Crippen molar-refractivity contribution in [3.63, 3.8) is 0 Å². The lowest BCUT2D eigenvalue weighted by Gasteiger charge is -2.09. The third-order valence-corrected chi connectivity index (χ3v) is 5.53. The summed E-state index contributed by atoms with van der Waals surface area (Å²) in [4.78, 5) is 4.35. The molecule has 2 aromatic heterocycles. The molecule has 0 atom stereocenters. The molecular weight excluding hydrogens is 383 g/mol. The molecule has 0 saturated heterocycles. The lowest BCUT2D eigenvalue weighted by Crippen LogP contribution is -2.18. The second-order valence-electron chi connectivity index (χ2n) is 5.88. The van der Waals surface area contributed by atoms with E-state index in [1.54, 1.807) is 42.5 Å². The Morgan fingerprint density at radius 3 is 2.43 bits per heavy atom. The molecule has 28 heavy (non-hydrogen) atoms. The van der Waals surface area contributed by atoms with E-state index in [9.17, 15) is 12.8 Å². The van der Waals surface area contributed by atoms with Crippen LogP contribution in [0.5, 0.6) is 0 Å². The molecule has 2 aromatic carbocycles. The second kappa shape index (κ2) is 7.28. The van der Waals surface area contributed by atoms with Crippen LogP contribution in [-0.4, -0.2) is 22.6 Å². The van der Waals surface area contributed by atoms with Crippen LogP contribution in [0.25, 0.3) is 11.6 Å². The summed E-state index contributed by atoms with van der Waals surface area (Å²) in [7, 11) is -3.97. The number of rotatable bonds is 6. The van der Waals surface area contributed by atoms with E-state index in [4.69, 9.17) is 4.42 Å². The van der Waals surface area contributed by atoms with Gasteiger partial charge in [0.2, 0.25) is 11.8 Å². The van der Waals surface area contributed by atoms with Crippen molar-refractivity contribution in [1.82, 2.24) is 14.2 Å². The first kappa shape index (κ1) is 17.9. The minimum absolute atomic E-state index is 0.0274. The summed E-state index contributed by atoms with van der Waals surface area (Å²) in [5, 5.41) is 7.08. The van der Waals surface area contributed by atoms with E-state index < -0.39 is 10.0 Å². The highest BCUT2D eigenvalue weighted by Crippen LogP contribution is 2.23. The van der Waals surface area contributed by atoms with Crippen molar-refractivity contribution in [3.8, 4) is 11.6 Å². The Kier molecular flexibility index (Phi) is 4.66. The fraction of sp³-hybridized carbons (Fsp3) is 0.0526. The fourth-order valence-corrected chi connectivity index (χ4v) is 3.78. The molecule has 0 spiro atoms. The van der Waals surface area contributed by atoms with Crippen LogP contribution >= 0.6 is 0 Å². The molecular formula is C19H15FN4O3S. The Balaban J connectivity index is 1.72. The summed E-state index contributed by atoms with van der Waals surface area (Å²) in [6.45, 7) is 0.237. The molecule has 0 aliphatic carbocycles. The number of nitrogens with one attached hydrogen (secondary N) is 1. The first-order valence-electron chi connectivity index (χ1n) is 8.34. The molecule has 2 heterocycles. The molecule has 0 radical (unpaired) electrons. The maximum absolute atomic E-state index is 13.1. The van der Waals surface area contributed by atoms with E-state index in [1.165, 1.54) is 30.5 Å². The summed E-state index contributed by atoms with van der Waals surface area (Å²) >= 11 is 0. The molecule has 0 aliphatic heterocycles. The lowest BCUT2D eigenvalue weighted by molar-refractivity contribution is 0.573. The number of nitrogens with zero attached hydrogens (tertiary/aromatic N) is 3. The number of halogens is 1. The van der Waals surface area contributed by atoms with E-state index in [1.807, 2.05) is 0 Å². The van der Waals surface area contributed by atoms with Crippen LogP contribution in [0.1, 0.15) is 5.56 Å². The van der Waals surface area contributed by atoms with Crippen molar-refractivity contribution in [2.24, 2.45) is 0 Å². The molecule has 9 heteroatoms. The zero-order chi connectivity index (χ0) is 19.6. The molecule has 1 N–H and O–H groups in total. The number of benzene rings is 2. The van der Waals surface area contributed by atoms with Gasteiger partial charge in [-0.25, -0.2) is 4.39 Å². The third kappa shape index (κ3) is 3.52. The van der Waals surface area contributed by atoms with Crippen LogP contribution in [0.3, 0.4) is 0 Å².